The van der Waals surface area contributed by atoms with Gasteiger partial charge in [-0.15, -0.1) is 0 Å². The second-order valence-electron chi connectivity index (χ2n) is 3.40. The molecule has 0 aliphatic rings. The number of anilines is 1. The van der Waals surface area contributed by atoms with Crippen LogP contribution in [-0.4, -0.2) is 17.4 Å². The Labute approximate surface area is 103 Å². The summed E-state index contributed by atoms with van der Waals surface area (Å²) < 4.78 is 0. The fourth-order valence-corrected chi connectivity index (χ4v) is 1.44. The van der Waals surface area contributed by atoms with Crippen LogP contribution in [0.3, 0.4) is 0 Å². The van der Waals surface area contributed by atoms with Crippen LogP contribution in [0.1, 0.15) is 23.7 Å². The summed E-state index contributed by atoms with van der Waals surface area (Å²) in [6, 6.07) is 2.43. The number of amides is 1. The summed E-state index contributed by atoms with van der Waals surface area (Å²) in [5.41, 5.74) is 5.08. The number of carbonyl (C=O) groups excluding carboxylic acids is 1. The average molecular weight is 258 g/mol. The van der Waals surface area contributed by atoms with Crippen LogP contribution in [0.25, 0.3) is 0 Å². The van der Waals surface area contributed by atoms with Gasteiger partial charge in [0.2, 0.25) is 0 Å². The highest BCUT2D eigenvalue weighted by atomic mass is 35.5. The molecule has 1 rings (SSSR count). The van der Waals surface area contributed by atoms with Crippen LogP contribution >= 0.6 is 11.6 Å². The molecule has 0 fully saturated rings. The molecular formula is C10H12ClN3O3. The Bertz CT molecular complexity index is 462. The summed E-state index contributed by atoms with van der Waals surface area (Å²) in [5.74, 6) is -0.406. The van der Waals surface area contributed by atoms with Crippen molar-refractivity contribution in [2.24, 2.45) is 0 Å². The van der Waals surface area contributed by atoms with Crippen molar-refractivity contribution >= 4 is 28.9 Å². The number of hydrogen-bond acceptors (Lipinski definition) is 4. The zero-order valence-electron chi connectivity index (χ0n) is 9.20. The van der Waals surface area contributed by atoms with E-state index in [4.69, 9.17) is 17.3 Å². The molecule has 0 aromatic heterocycles. The first kappa shape index (κ1) is 13.2. The van der Waals surface area contributed by atoms with Crippen LogP contribution in [0.4, 0.5) is 11.4 Å². The maximum absolute atomic E-state index is 11.6. The Morgan fingerprint density at radius 1 is 1.59 bits per heavy atom. The predicted octanol–water partition coefficient (Wildman–Crippen LogP) is 1.97. The van der Waals surface area contributed by atoms with Crippen LogP contribution in [0, 0.1) is 10.1 Å². The van der Waals surface area contributed by atoms with Crippen molar-refractivity contribution in [1.29, 1.82) is 0 Å². The standard InChI is InChI=1S/C10H12ClN3O3/c1-2-3-13-10(15)6-4-7(11)9(12)8(5-6)14(16)17/h4-5H,2-3,12H2,1H3,(H,13,15). The Morgan fingerprint density at radius 3 is 2.76 bits per heavy atom. The minimum absolute atomic E-state index is 0.000786. The summed E-state index contributed by atoms with van der Waals surface area (Å²) >= 11 is 5.73. The largest absolute Gasteiger partial charge is 0.392 e. The summed E-state index contributed by atoms with van der Waals surface area (Å²) in [5, 5.41) is 13.3. The first-order valence-electron chi connectivity index (χ1n) is 4.99. The molecule has 1 aromatic carbocycles. The number of nitrogens with two attached hydrogens (primary N) is 1. The van der Waals surface area contributed by atoms with Gasteiger partial charge < -0.3 is 11.1 Å². The minimum atomic E-state index is -0.669. The van der Waals surface area contributed by atoms with E-state index in [1.165, 1.54) is 6.07 Å². The lowest BCUT2D eigenvalue weighted by molar-refractivity contribution is -0.383. The van der Waals surface area contributed by atoms with Gasteiger partial charge in [-0.2, -0.15) is 0 Å². The number of halogens is 1. The van der Waals surface area contributed by atoms with Gasteiger partial charge in [0.05, 0.1) is 9.95 Å². The predicted molar refractivity (Wildman–Crippen MR) is 65.1 cm³/mol. The van der Waals surface area contributed by atoms with E-state index in [0.717, 1.165) is 12.5 Å². The van der Waals surface area contributed by atoms with Crippen LogP contribution in [0.2, 0.25) is 5.02 Å². The van der Waals surface area contributed by atoms with E-state index in [1.807, 2.05) is 6.92 Å². The highest BCUT2D eigenvalue weighted by Gasteiger charge is 2.18. The van der Waals surface area contributed by atoms with E-state index in [1.54, 1.807) is 0 Å². The van der Waals surface area contributed by atoms with Gasteiger partial charge in [-0.3, -0.25) is 14.9 Å². The third-order valence-corrected chi connectivity index (χ3v) is 2.41. The number of hydrogen-bond donors (Lipinski definition) is 2. The summed E-state index contributed by atoms with van der Waals surface area (Å²) in [4.78, 5) is 21.6. The van der Waals surface area contributed by atoms with Crippen molar-refractivity contribution in [3.63, 3.8) is 0 Å². The molecule has 0 saturated heterocycles. The fourth-order valence-electron chi connectivity index (χ4n) is 1.23. The second-order valence-corrected chi connectivity index (χ2v) is 3.81. The third-order valence-electron chi connectivity index (χ3n) is 2.10. The highest BCUT2D eigenvalue weighted by Crippen LogP contribution is 2.30. The van der Waals surface area contributed by atoms with Crippen molar-refractivity contribution in [3.8, 4) is 0 Å². The second kappa shape index (κ2) is 5.49. The average Bonchev–Trinajstić information content (AvgIpc) is 2.28. The fraction of sp³-hybridized carbons (Fsp3) is 0.300. The Balaban J connectivity index is 3.10. The Hall–Kier alpha value is -1.82. The molecule has 0 unspecified atom stereocenters. The van der Waals surface area contributed by atoms with Crippen LogP contribution in [-0.2, 0) is 0 Å². The van der Waals surface area contributed by atoms with Crippen molar-refractivity contribution in [2.75, 3.05) is 12.3 Å². The monoisotopic (exact) mass is 257 g/mol. The van der Waals surface area contributed by atoms with Crippen molar-refractivity contribution in [3.05, 3.63) is 32.8 Å². The van der Waals surface area contributed by atoms with Crippen LogP contribution in [0.15, 0.2) is 12.1 Å². The smallest absolute Gasteiger partial charge is 0.294 e. The van der Waals surface area contributed by atoms with Gasteiger partial charge in [0.15, 0.2) is 0 Å². The molecule has 0 saturated carbocycles. The number of nitro groups is 1. The van der Waals surface area contributed by atoms with Crippen LogP contribution in [0.5, 0.6) is 0 Å². The van der Waals surface area contributed by atoms with Crippen molar-refractivity contribution < 1.29 is 9.72 Å². The lowest BCUT2D eigenvalue weighted by Gasteiger charge is -2.06. The maximum atomic E-state index is 11.6. The molecule has 6 nitrogen and oxygen atoms in total. The topological polar surface area (TPSA) is 98.3 Å². The first-order chi connectivity index (χ1) is 7.97. The molecule has 0 aliphatic heterocycles. The first-order valence-corrected chi connectivity index (χ1v) is 5.36. The summed E-state index contributed by atoms with van der Waals surface area (Å²) in [6.45, 7) is 2.40. The number of rotatable bonds is 4. The molecule has 0 spiro atoms. The summed E-state index contributed by atoms with van der Waals surface area (Å²) in [7, 11) is 0. The summed E-state index contributed by atoms with van der Waals surface area (Å²) in [6.07, 6.45) is 0.774. The molecule has 0 aliphatic carbocycles. The van der Waals surface area contributed by atoms with Gasteiger partial charge in [0.1, 0.15) is 5.69 Å². The number of carbonyl (C=O) groups is 1. The van der Waals surface area contributed by atoms with Crippen molar-refractivity contribution in [1.82, 2.24) is 5.32 Å². The third kappa shape index (κ3) is 3.07. The Kier molecular flexibility index (Phi) is 4.28. The van der Waals surface area contributed by atoms with Gasteiger partial charge in [0, 0.05) is 18.2 Å². The van der Waals surface area contributed by atoms with Gasteiger partial charge in [-0.25, -0.2) is 0 Å². The van der Waals surface area contributed by atoms with E-state index in [2.05, 4.69) is 5.32 Å². The normalized spacial score (nSPS) is 10.0. The van der Waals surface area contributed by atoms with E-state index in [-0.39, 0.29) is 22.0 Å². The van der Waals surface area contributed by atoms with Gasteiger partial charge >= 0.3 is 0 Å². The van der Waals surface area contributed by atoms with Gasteiger partial charge in [-0.05, 0) is 12.5 Å². The van der Waals surface area contributed by atoms with E-state index < -0.39 is 10.8 Å². The van der Waals surface area contributed by atoms with E-state index in [9.17, 15) is 14.9 Å². The molecule has 3 N–H and O–H groups in total. The molecule has 1 aromatic rings. The van der Waals surface area contributed by atoms with Gasteiger partial charge in [-0.1, -0.05) is 18.5 Å². The number of nitrogens with zero attached hydrogens (tertiary/aromatic N) is 1. The molecule has 1 amide bonds. The zero-order chi connectivity index (χ0) is 13.0. The quantitative estimate of drug-likeness (QED) is 0.489. The molecule has 0 heterocycles. The van der Waals surface area contributed by atoms with E-state index in [0.29, 0.717) is 6.54 Å². The van der Waals surface area contributed by atoms with Crippen molar-refractivity contribution in [2.45, 2.75) is 13.3 Å². The number of nitrogens with one attached hydrogen (secondary N) is 1. The Morgan fingerprint density at radius 2 is 2.24 bits per heavy atom. The molecular weight excluding hydrogens is 246 g/mol. The molecule has 92 valence electrons. The SMILES string of the molecule is CCCNC(=O)c1cc(Cl)c(N)c([N+](=O)[O-])c1. The van der Waals surface area contributed by atoms with Gasteiger partial charge in [0.25, 0.3) is 11.6 Å². The molecule has 0 atom stereocenters. The molecule has 7 heteroatoms. The number of nitro benzene ring substituents is 1. The minimum Gasteiger partial charge on any atom is -0.392 e. The maximum Gasteiger partial charge on any atom is 0.294 e. The van der Waals surface area contributed by atoms with E-state index >= 15 is 0 Å². The number of benzene rings is 1. The van der Waals surface area contributed by atoms with Crippen LogP contribution < -0.4 is 11.1 Å². The molecule has 0 bridgehead atoms. The zero-order valence-corrected chi connectivity index (χ0v) is 9.95. The molecule has 17 heavy (non-hydrogen) atoms. The lowest BCUT2D eigenvalue weighted by atomic mass is 10.1. The number of nitrogen functional groups attached to an aromatic ring is 1. The lowest BCUT2D eigenvalue weighted by Crippen LogP contribution is -2.24. The molecule has 0 radical (unpaired) electrons. The highest BCUT2D eigenvalue weighted by molar-refractivity contribution is 6.34.